The molecule has 0 aromatic heterocycles. The molecule has 0 unspecified atom stereocenters. The highest BCUT2D eigenvalue weighted by molar-refractivity contribution is 6.31. The number of aromatic hydroxyl groups is 1. The Bertz CT molecular complexity index is 321. The van der Waals surface area contributed by atoms with Crippen molar-refractivity contribution in [1.29, 1.82) is 0 Å². The average Bonchev–Trinajstić information content (AvgIpc) is 2.64. The largest absolute Gasteiger partial charge is 0.506 e. The lowest BCUT2D eigenvalue weighted by atomic mass is 10.2. The Hall–Kier alpha value is -0.730. The second kappa shape index (κ2) is 4.20. The summed E-state index contributed by atoms with van der Waals surface area (Å²) in [6.45, 7) is 3.26. The third-order valence-electron chi connectivity index (χ3n) is 2.62. The van der Waals surface area contributed by atoms with E-state index in [2.05, 4.69) is 4.90 Å². The molecule has 0 radical (unpaired) electrons. The molecule has 0 atom stereocenters. The van der Waals surface area contributed by atoms with Gasteiger partial charge in [0.05, 0.1) is 5.02 Å². The van der Waals surface area contributed by atoms with E-state index in [0.717, 1.165) is 12.1 Å². The van der Waals surface area contributed by atoms with Gasteiger partial charge >= 0.3 is 0 Å². The van der Waals surface area contributed by atoms with Crippen LogP contribution in [0.25, 0.3) is 0 Å². The quantitative estimate of drug-likeness (QED) is 0.813. The number of nitrogens with zero attached hydrogens (tertiary/aromatic N) is 1. The van der Waals surface area contributed by atoms with Crippen molar-refractivity contribution in [3.63, 3.8) is 0 Å². The Morgan fingerprint density at radius 2 is 2.00 bits per heavy atom. The van der Waals surface area contributed by atoms with Crippen LogP contribution in [0.2, 0.25) is 5.02 Å². The van der Waals surface area contributed by atoms with Crippen molar-refractivity contribution in [2.75, 3.05) is 13.1 Å². The Morgan fingerprint density at radius 3 is 2.64 bits per heavy atom. The van der Waals surface area contributed by atoms with Crippen molar-refractivity contribution in [2.24, 2.45) is 0 Å². The summed E-state index contributed by atoms with van der Waals surface area (Å²) in [6, 6.07) is 5.48. The van der Waals surface area contributed by atoms with Crippen LogP contribution in [0.1, 0.15) is 18.4 Å². The number of halogens is 1. The van der Waals surface area contributed by atoms with Gasteiger partial charge in [0.1, 0.15) is 5.75 Å². The molecule has 3 heteroatoms. The first-order chi connectivity index (χ1) is 6.75. The zero-order valence-electron chi connectivity index (χ0n) is 8.04. The van der Waals surface area contributed by atoms with E-state index in [9.17, 15) is 5.11 Å². The summed E-state index contributed by atoms with van der Waals surface area (Å²) < 4.78 is 0. The molecule has 0 amide bonds. The third kappa shape index (κ3) is 2.20. The van der Waals surface area contributed by atoms with Crippen LogP contribution in [-0.2, 0) is 6.54 Å². The molecule has 0 bridgehead atoms. The number of rotatable bonds is 2. The molecule has 1 aliphatic rings. The zero-order valence-corrected chi connectivity index (χ0v) is 8.80. The van der Waals surface area contributed by atoms with Gasteiger partial charge in [-0.25, -0.2) is 0 Å². The lowest BCUT2D eigenvalue weighted by Gasteiger charge is -2.14. The SMILES string of the molecule is Oc1cc(CN2CCCC2)ccc1Cl. The van der Waals surface area contributed by atoms with E-state index in [0.29, 0.717) is 5.02 Å². The minimum Gasteiger partial charge on any atom is -0.506 e. The predicted octanol–water partition coefficient (Wildman–Crippen LogP) is 2.64. The van der Waals surface area contributed by atoms with Crippen molar-refractivity contribution in [1.82, 2.24) is 4.90 Å². The molecule has 1 aliphatic heterocycles. The van der Waals surface area contributed by atoms with E-state index in [4.69, 9.17) is 11.6 Å². The van der Waals surface area contributed by atoms with Crippen LogP contribution in [0.3, 0.4) is 0 Å². The summed E-state index contributed by atoms with van der Waals surface area (Å²) in [5.74, 6) is 0.184. The van der Waals surface area contributed by atoms with Gasteiger partial charge in [-0.2, -0.15) is 0 Å². The van der Waals surface area contributed by atoms with Crippen LogP contribution in [0, 0.1) is 0 Å². The van der Waals surface area contributed by atoms with Crippen molar-refractivity contribution in [3.8, 4) is 5.75 Å². The number of likely N-dealkylation sites (tertiary alicyclic amines) is 1. The lowest BCUT2D eigenvalue weighted by Crippen LogP contribution is -2.18. The number of phenolic OH excluding ortho intramolecular Hbond substituents is 1. The van der Waals surface area contributed by atoms with E-state index in [1.54, 1.807) is 12.1 Å². The van der Waals surface area contributed by atoms with Crippen LogP contribution < -0.4 is 0 Å². The molecular weight excluding hydrogens is 198 g/mol. The summed E-state index contributed by atoms with van der Waals surface area (Å²) in [7, 11) is 0. The molecule has 0 aliphatic carbocycles. The molecule has 2 nitrogen and oxygen atoms in total. The van der Waals surface area contributed by atoms with E-state index < -0.39 is 0 Å². The second-order valence-corrected chi connectivity index (χ2v) is 4.18. The molecule has 0 spiro atoms. The Balaban J connectivity index is 2.05. The van der Waals surface area contributed by atoms with E-state index in [1.807, 2.05) is 6.07 Å². The van der Waals surface area contributed by atoms with Crippen LogP contribution in [0.15, 0.2) is 18.2 Å². The molecule has 0 saturated carbocycles. The molecule has 76 valence electrons. The van der Waals surface area contributed by atoms with Crippen molar-refractivity contribution in [3.05, 3.63) is 28.8 Å². The minimum absolute atomic E-state index is 0.184. The summed E-state index contributed by atoms with van der Waals surface area (Å²) in [6.07, 6.45) is 2.58. The molecular formula is C11H14ClNO. The average molecular weight is 212 g/mol. The summed E-state index contributed by atoms with van der Waals surface area (Å²) in [5.41, 5.74) is 1.13. The second-order valence-electron chi connectivity index (χ2n) is 3.77. The van der Waals surface area contributed by atoms with Crippen LogP contribution >= 0.6 is 11.6 Å². The van der Waals surface area contributed by atoms with Gasteiger partial charge in [-0.05, 0) is 43.6 Å². The third-order valence-corrected chi connectivity index (χ3v) is 2.94. The first-order valence-corrected chi connectivity index (χ1v) is 5.33. The van der Waals surface area contributed by atoms with Gasteiger partial charge in [0.15, 0.2) is 0 Å². The van der Waals surface area contributed by atoms with Gasteiger partial charge in [0, 0.05) is 6.54 Å². The smallest absolute Gasteiger partial charge is 0.134 e. The highest BCUT2D eigenvalue weighted by atomic mass is 35.5. The Kier molecular flexibility index (Phi) is 2.94. The highest BCUT2D eigenvalue weighted by Gasteiger charge is 2.12. The predicted molar refractivity (Wildman–Crippen MR) is 57.6 cm³/mol. The minimum atomic E-state index is 0.184. The molecule has 1 heterocycles. The molecule has 1 saturated heterocycles. The number of hydrogen-bond donors (Lipinski definition) is 1. The van der Waals surface area contributed by atoms with Crippen molar-refractivity contribution in [2.45, 2.75) is 19.4 Å². The lowest BCUT2D eigenvalue weighted by molar-refractivity contribution is 0.330. The Labute approximate surface area is 89.1 Å². The summed E-state index contributed by atoms with van der Waals surface area (Å²) >= 11 is 5.73. The Morgan fingerprint density at radius 1 is 1.29 bits per heavy atom. The maximum atomic E-state index is 9.42. The van der Waals surface area contributed by atoms with Gasteiger partial charge in [-0.15, -0.1) is 0 Å². The summed E-state index contributed by atoms with van der Waals surface area (Å²) in [4.78, 5) is 2.39. The van der Waals surface area contributed by atoms with Crippen LogP contribution in [-0.4, -0.2) is 23.1 Å². The topological polar surface area (TPSA) is 23.5 Å². The van der Waals surface area contributed by atoms with Crippen molar-refractivity contribution < 1.29 is 5.11 Å². The molecule has 1 fully saturated rings. The molecule has 1 aromatic carbocycles. The first-order valence-electron chi connectivity index (χ1n) is 4.95. The standard InChI is InChI=1S/C11H14ClNO/c12-10-4-3-9(7-11(10)14)8-13-5-1-2-6-13/h3-4,7,14H,1-2,5-6,8H2. The van der Waals surface area contributed by atoms with Gasteiger partial charge in [-0.1, -0.05) is 17.7 Å². The van der Waals surface area contributed by atoms with Gasteiger partial charge in [-0.3, -0.25) is 4.90 Å². The highest BCUT2D eigenvalue weighted by Crippen LogP contribution is 2.24. The fourth-order valence-corrected chi connectivity index (χ4v) is 1.97. The number of hydrogen-bond acceptors (Lipinski definition) is 2. The fraction of sp³-hybridized carbons (Fsp3) is 0.455. The van der Waals surface area contributed by atoms with E-state index in [1.165, 1.54) is 25.9 Å². The van der Waals surface area contributed by atoms with E-state index in [-0.39, 0.29) is 5.75 Å². The van der Waals surface area contributed by atoms with Crippen molar-refractivity contribution >= 4 is 11.6 Å². The van der Waals surface area contributed by atoms with Gasteiger partial charge in [0.2, 0.25) is 0 Å². The van der Waals surface area contributed by atoms with Crippen LogP contribution in [0.4, 0.5) is 0 Å². The van der Waals surface area contributed by atoms with Crippen LogP contribution in [0.5, 0.6) is 5.75 Å². The summed E-state index contributed by atoms with van der Waals surface area (Å²) in [5, 5.41) is 9.85. The number of phenols is 1. The van der Waals surface area contributed by atoms with E-state index >= 15 is 0 Å². The molecule has 1 N–H and O–H groups in total. The normalized spacial score (nSPS) is 17.5. The van der Waals surface area contributed by atoms with Gasteiger partial charge < -0.3 is 5.11 Å². The first kappa shape index (κ1) is 9.81. The maximum Gasteiger partial charge on any atom is 0.134 e. The molecule has 2 rings (SSSR count). The maximum absolute atomic E-state index is 9.42. The fourth-order valence-electron chi connectivity index (χ4n) is 1.86. The zero-order chi connectivity index (χ0) is 9.97. The number of benzene rings is 1. The molecule has 1 aromatic rings. The monoisotopic (exact) mass is 211 g/mol. The van der Waals surface area contributed by atoms with Gasteiger partial charge in [0.25, 0.3) is 0 Å². The molecule has 14 heavy (non-hydrogen) atoms.